The first-order chi connectivity index (χ1) is 30.3. The van der Waals surface area contributed by atoms with Gasteiger partial charge < -0.3 is 45.2 Å². The average Bonchev–Trinajstić information content (AvgIpc) is 4.04. The summed E-state index contributed by atoms with van der Waals surface area (Å²) in [4.78, 5) is 55.2. The second kappa shape index (κ2) is 19.3. The van der Waals surface area contributed by atoms with Crippen molar-refractivity contribution in [2.45, 2.75) is 66.4 Å². The van der Waals surface area contributed by atoms with E-state index in [1.165, 1.54) is 29.2 Å². The van der Waals surface area contributed by atoms with E-state index >= 15 is 4.39 Å². The Hall–Kier alpha value is -6.42. The predicted molar refractivity (Wildman–Crippen MR) is 235 cm³/mol. The van der Waals surface area contributed by atoms with Gasteiger partial charge in [0.1, 0.15) is 33.7 Å². The maximum atomic E-state index is 15.9. The molecular weight excluding hydrogens is 836 g/mol. The normalized spacial score (nSPS) is 13.9. The summed E-state index contributed by atoms with van der Waals surface area (Å²) in [5, 5.41) is 22.7. The van der Waals surface area contributed by atoms with Crippen molar-refractivity contribution in [2.24, 2.45) is 11.5 Å². The maximum Gasteiger partial charge on any atom is 0.276 e. The van der Waals surface area contributed by atoms with Crippen LogP contribution in [0.4, 0.5) is 16.3 Å². The molecule has 0 bridgehead atoms. The number of primary amides is 2. The topological polar surface area (TPSA) is 245 Å². The zero-order chi connectivity index (χ0) is 44.9. The maximum absolute atomic E-state index is 15.9. The fraction of sp³-hybridized carbons (Fsp3) is 0.405. The van der Waals surface area contributed by atoms with Crippen LogP contribution in [0, 0.1) is 19.7 Å². The lowest BCUT2D eigenvalue weighted by molar-refractivity contribution is 0.0358. The molecule has 7 N–H and O–H groups in total. The summed E-state index contributed by atoms with van der Waals surface area (Å²) in [6.07, 6.45) is 3.71. The molecule has 0 aliphatic carbocycles. The molecule has 1 aliphatic heterocycles. The number of carbonyl (C=O) groups is 3. The van der Waals surface area contributed by atoms with Crippen molar-refractivity contribution in [2.75, 3.05) is 57.2 Å². The van der Waals surface area contributed by atoms with Gasteiger partial charge in [0.25, 0.3) is 11.8 Å². The standard InChI is InChI=1S/C42H51FN12O7S/c1-6-27-36(63-24(4)46-27)40(59)50-41-47-28-20-25(37(44)56)21-31(62-16-10-11-52-14-17-61-18-15-52)34(28)53(41)12-8-9-13-54-35-30(60-5)22-26(38(45)57)32(43)33(35)48-42(54)49-39(58)29-19-23(3)51-55(29)7-2/h8-9,19-22,40,59H,6-7,10-18H2,1-5H3,(H2,44,56)(H2,45,57)(H,47,50)(H,48,49,58)/b9-8+. The third kappa shape index (κ3) is 9.50. The molecule has 0 saturated carbocycles. The van der Waals surface area contributed by atoms with E-state index in [0.717, 1.165) is 30.3 Å². The molecule has 6 aromatic rings. The van der Waals surface area contributed by atoms with Crippen molar-refractivity contribution in [3.05, 3.63) is 80.3 Å². The van der Waals surface area contributed by atoms with Crippen molar-refractivity contribution in [1.82, 2.24) is 38.8 Å². The second-order valence-electron chi connectivity index (χ2n) is 14.8. The summed E-state index contributed by atoms with van der Waals surface area (Å²) in [6, 6.07) is 5.98. The molecule has 334 valence electrons. The number of nitrogens with zero attached hydrogens (tertiary/aromatic N) is 8. The van der Waals surface area contributed by atoms with Crippen LogP contribution in [0.1, 0.15) is 79.0 Å². The van der Waals surface area contributed by atoms with Crippen LogP contribution < -0.4 is 31.6 Å². The van der Waals surface area contributed by atoms with Gasteiger partial charge in [0, 0.05) is 44.8 Å². The van der Waals surface area contributed by atoms with Gasteiger partial charge in [0.15, 0.2) is 12.0 Å². The molecule has 0 spiro atoms. The molecule has 5 heterocycles. The number of benzene rings is 2. The number of nitrogens with two attached hydrogens (primary N) is 2. The molecule has 1 saturated heterocycles. The van der Waals surface area contributed by atoms with Gasteiger partial charge in [-0.05, 0) is 57.9 Å². The van der Waals surface area contributed by atoms with Crippen LogP contribution in [0.5, 0.6) is 11.5 Å². The first-order valence-electron chi connectivity index (χ1n) is 20.6. The molecule has 3 amide bonds. The molecule has 0 radical (unpaired) electrons. The number of fused-ring (bicyclic) bond motifs is 2. The number of nitrogens with one attached hydrogen (secondary N) is 2. The Balaban J connectivity index is 1.26. The van der Waals surface area contributed by atoms with Gasteiger partial charge in [-0.3, -0.25) is 29.3 Å². The number of methoxy groups -OCH3 is 1. The molecule has 63 heavy (non-hydrogen) atoms. The number of amides is 3. The molecule has 1 aliphatic rings. The van der Waals surface area contributed by atoms with Crippen molar-refractivity contribution in [1.29, 1.82) is 0 Å². The van der Waals surface area contributed by atoms with Crippen molar-refractivity contribution >= 4 is 63.0 Å². The Labute approximate surface area is 365 Å². The van der Waals surface area contributed by atoms with E-state index in [-0.39, 0.29) is 53.0 Å². The molecule has 4 aromatic heterocycles. The van der Waals surface area contributed by atoms with E-state index in [2.05, 4.69) is 30.6 Å². The van der Waals surface area contributed by atoms with Gasteiger partial charge in [-0.2, -0.15) is 5.10 Å². The number of rotatable bonds is 19. The Kier molecular flexibility index (Phi) is 13.7. The third-order valence-electron chi connectivity index (χ3n) is 10.6. The number of hydrogen-bond acceptors (Lipinski definition) is 14. The van der Waals surface area contributed by atoms with Gasteiger partial charge in [-0.15, -0.1) is 11.3 Å². The Bertz CT molecular complexity index is 2700. The number of imidazole rings is 2. The fourth-order valence-electron chi connectivity index (χ4n) is 7.55. The highest BCUT2D eigenvalue weighted by atomic mass is 32.1. The van der Waals surface area contributed by atoms with Crippen LogP contribution in [-0.2, 0) is 30.8 Å². The van der Waals surface area contributed by atoms with Crippen molar-refractivity contribution < 1.29 is 38.1 Å². The number of aromatic nitrogens is 7. The Morgan fingerprint density at radius 2 is 1.71 bits per heavy atom. The van der Waals surface area contributed by atoms with Crippen molar-refractivity contribution in [3.8, 4) is 11.5 Å². The van der Waals surface area contributed by atoms with E-state index < -0.39 is 35.3 Å². The monoisotopic (exact) mass is 886 g/mol. The van der Waals surface area contributed by atoms with Crippen LogP contribution >= 0.6 is 11.3 Å². The quantitative estimate of drug-likeness (QED) is 0.0434. The van der Waals surface area contributed by atoms with Crippen LogP contribution in [0.3, 0.4) is 0 Å². The van der Waals surface area contributed by atoms with E-state index in [1.54, 1.807) is 40.3 Å². The lowest BCUT2D eigenvalue weighted by atomic mass is 10.1. The number of anilines is 2. The Morgan fingerprint density at radius 1 is 0.984 bits per heavy atom. The number of halogens is 1. The molecule has 1 atom stereocenters. The highest BCUT2D eigenvalue weighted by Crippen LogP contribution is 2.35. The minimum atomic E-state index is -1.18. The lowest BCUT2D eigenvalue weighted by Crippen LogP contribution is -2.37. The number of allylic oxidation sites excluding steroid dienone is 2. The van der Waals surface area contributed by atoms with Crippen LogP contribution in [0.25, 0.3) is 22.1 Å². The van der Waals surface area contributed by atoms with Crippen LogP contribution in [0.15, 0.2) is 36.4 Å². The minimum absolute atomic E-state index is 0.0264. The zero-order valence-corrected chi connectivity index (χ0v) is 36.6. The van der Waals surface area contributed by atoms with E-state index in [4.69, 9.17) is 30.7 Å². The molecule has 2 aromatic carbocycles. The number of morpholine rings is 1. The summed E-state index contributed by atoms with van der Waals surface area (Å²) < 4.78 is 38.3. The molecular formula is C42H51FN12O7S. The van der Waals surface area contributed by atoms with E-state index in [0.29, 0.717) is 66.6 Å². The highest BCUT2D eigenvalue weighted by Gasteiger charge is 2.26. The van der Waals surface area contributed by atoms with Gasteiger partial charge in [0.2, 0.25) is 17.8 Å². The largest absolute Gasteiger partial charge is 0.494 e. The number of aliphatic hydroxyl groups is 1. The van der Waals surface area contributed by atoms with Crippen molar-refractivity contribution in [3.63, 3.8) is 0 Å². The first kappa shape index (κ1) is 44.6. The SMILES string of the molecule is CCc1nc(C)sc1C(O)Nc1nc2cc(C(N)=O)cc(OCCCN3CCOCC3)c2n1C/C=C/Cn1c(NC(=O)c2cc(C)nn2CC)nc2c(F)c(C(N)=O)cc(OC)c21. The fourth-order valence-corrected chi connectivity index (χ4v) is 8.51. The molecule has 1 fully saturated rings. The second-order valence-corrected chi connectivity index (χ2v) is 16.0. The van der Waals surface area contributed by atoms with Gasteiger partial charge >= 0.3 is 0 Å². The van der Waals surface area contributed by atoms with Gasteiger partial charge in [0.05, 0.1) is 59.3 Å². The van der Waals surface area contributed by atoms with Gasteiger partial charge in [-0.25, -0.2) is 19.3 Å². The first-order valence-corrected chi connectivity index (χ1v) is 21.4. The predicted octanol–water partition coefficient (Wildman–Crippen LogP) is 4.30. The Morgan fingerprint density at radius 3 is 2.38 bits per heavy atom. The third-order valence-corrected chi connectivity index (χ3v) is 11.6. The molecule has 7 rings (SSSR count). The minimum Gasteiger partial charge on any atom is -0.494 e. The number of thiazole rings is 1. The number of ether oxygens (including phenoxy) is 3. The molecule has 21 heteroatoms. The average molecular weight is 887 g/mol. The summed E-state index contributed by atoms with van der Waals surface area (Å²) in [5.74, 6) is -2.49. The smallest absolute Gasteiger partial charge is 0.276 e. The number of aliphatic hydroxyl groups excluding tert-OH is 1. The highest BCUT2D eigenvalue weighted by molar-refractivity contribution is 7.11. The molecule has 19 nitrogen and oxygen atoms in total. The summed E-state index contributed by atoms with van der Waals surface area (Å²) >= 11 is 1.37. The van der Waals surface area contributed by atoms with Gasteiger partial charge in [-0.1, -0.05) is 19.1 Å². The number of hydrogen-bond donors (Lipinski definition) is 5. The van der Waals surface area contributed by atoms with Crippen LogP contribution in [0.2, 0.25) is 0 Å². The van der Waals surface area contributed by atoms with Crippen LogP contribution in [-0.4, -0.2) is 108 Å². The lowest BCUT2D eigenvalue weighted by Gasteiger charge is -2.26. The summed E-state index contributed by atoms with van der Waals surface area (Å²) in [5.41, 5.74) is 13.6. The number of aryl methyl sites for hydroxylation is 4. The zero-order valence-electron chi connectivity index (χ0n) is 35.7. The summed E-state index contributed by atoms with van der Waals surface area (Å²) in [7, 11) is 1.36. The van der Waals surface area contributed by atoms with E-state index in [1.807, 2.05) is 26.8 Å². The van der Waals surface area contributed by atoms with E-state index in [9.17, 15) is 19.5 Å². The molecule has 1 unspecified atom stereocenters. The number of carbonyl (C=O) groups excluding carboxylic acids is 3. The summed E-state index contributed by atoms with van der Waals surface area (Å²) in [6.45, 7) is 12.2.